The number of esters is 1. The van der Waals surface area contributed by atoms with Crippen LogP contribution in [0.15, 0.2) is 16.6 Å². The zero-order chi connectivity index (χ0) is 27.0. The van der Waals surface area contributed by atoms with Gasteiger partial charge in [0, 0.05) is 28.5 Å². The van der Waals surface area contributed by atoms with Gasteiger partial charge in [-0.05, 0) is 79.0 Å². The Morgan fingerprint density at radius 1 is 1.19 bits per heavy atom. The normalized spacial score (nSPS) is 18.8. The maximum atomic E-state index is 13.0. The number of nitrogen functional groups attached to an aromatic ring is 1. The third kappa shape index (κ3) is 7.16. The molecule has 36 heavy (non-hydrogen) atoms. The van der Waals surface area contributed by atoms with Crippen molar-refractivity contribution in [2.24, 2.45) is 0 Å². The predicted molar refractivity (Wildman–Crippen MR) is 147 cm³/mol. The summed E-state index contributed by atoms with van der Waals surface area (Å²) in [4.78, 5) is 31.8. The molecule has 0 spiro atoms. The van der Waals surface area contributed by atoms with Gasteiger partial charge in [0.15, 0.2) is 5.15 Å². The summed E-state index contributed by atoms with van der Waals surface area (Å²) in [5.74, 6) is -0.362. The van der Waals surface area contributed by atoms with Crippen molar-refractivity contribution < 1.29 is 19.1 Å². The summed E-state index contributed by atoms with van der Waals surface area (Å²) >= 11 is 9.91. The number of aromatic nitrogens is 1. The molecule has 10 heteroatoms. The van der Waals surface area contributed by atoms with Crippen LogP contribution in [0.1, 0.15) is 66.4 Å². The van der Waals surface area contributed by atoms with Crippen LogP contribution in [0.4, 0.5) is 16.2 Å². The van der Waals surface area contributed by atoms with Crippen molar-refractivity contribution in [1.82, 2.24) is 9.88 Å². The third-order valence-corrected chi connectivity index (χ3v) is 6.91. The molecule has 3 rings (SSSR count). The zero-order valence-corrected chi connectivity index (χ0v) is 24.3. The molecule has 0 bridgehead atoms. The van der Waals surface area contributed by atoms with Crippen LogP contribution in [0, 0.1) is 6.92 Å². The lowest BCUT2D eigenvalue weighted by atomic mass is 9.94. The average Bonchev–Trinajstić information content (AvgIpc) is 2.70. The van der Waals surface area contributed by atoms with E-state index in [1.165, 1.54) is 0 Å². The van der Waals surface area contributed by atoms with E-state index in [1.54, 1.807) is 4.90 Å². The van der Waals surface area contributed by atoms with Crippen LogP contribution in [-0.2, 0) is 14.3 Å². The van der Waals surface area contributed by atoms with Gasteiger partial charge < -0.3 is 25.4 Å². The van der Waals surface area contributed by atoms with Crippen LogP contribution in [0.3, 0.4) is 0 Å². The summed E-state index contributed by atoms with van der Waals surface area (Å²) in [6.45, 7) is 13.3. The zero-order valence-electron chi connectivity index (χ0n) is 22.0. The number of hydrogen-bond acceptors (Lipinski definition) is 7. The van der Waals surface area contributed by atoms with Gasteiger partial charge in [0.1, 0.15) is 11.2 Å². The summed E-state index contributed by atoms with van der Waals surface area (Å²) in [6.07, 6.45) is 0.774. The quantitative estimate of drug-likeness (QED) is 0.314. The van der Waals surface area contributed by atoms with Gasteiger partial charge >= 0.3 is 12.1 Å². The fourth-order valence-electron chi connectivity index (χ4n) is 4.25. The minimum absolute atomic E-state index is 0.0636. The number of nitrogens with zero attached hydrogens (tertiary/aromatic N) is 2. The first-order valence-corrected chi connectivity index (χ1v) is 13.2. The Morgan fingerprint density at radius 2 is 1.83 bits per heavy atom. The van der Waals surface area contributed by atoms with Crippen molar-refractivity contribution in [2.75, 3.05) is 17.6 Å². The molecule has 2 heterocycles. The molecule has 1 saturated heterocycles. The molecule has 1 aromatic heterocycles. The molecule has 0 saturated carbocycles. The van der Waals surface area contributed by atoms with Gasteiger partial charge in [-0.15, -0.1) is 0 Å². The lowest BCUT2D eigenvalue weighted by Gasteiger charge is -2.40. The van der Waals surface area contributed by atoms with E-state index in [0.29, 0.717) is 36.3 Å². The number of hydrogen-bond donors (Lipinski definition) is 2. The molecule has 1 fully saturated rings. The number of amides is 1. The molecular weight excluding hydrogens is 548 g/mol. The second kappa shape index (κ2) is 10.6. The monoisotopic (exact) mass is 582 g/mol. The molecule has 0 radical (unpaired) electrons. The maximum Gasteiger partial charge on any atom is 0.410 e. The molecule has 3 N–H and O–H groups in total. The molecule has 198 valence electrons. The van der Waals surface area contributed by atoms with E-state index in [2.05, 4.69) is 26.2 Å². The number of carbonyl (C=O) groups excluding carboxylic acids is 2. The Hall–Kier alpha value is -2.26. The molecule has 1 amide bonds. The molecule has 1 aromatic carbocycles. The number of nitrogens with two attached hydrogens (primary N) is 1. The summed E-state index contributed by atoms with van der Waals surface area (Å²) < 4.78 is 12.1. The Balaban J connectivity index is 1.89. The highest BCUT2D eigenvalue weighted by molar-refractivity contribution is 9.10. The molecule has 0 aliphatic carbocycles. The van der Waals surface area contributed by atoms with E-state index < -0.39 is 23.3 Å². The second-order valence-electron chi connectivity index (χ2n) is 11.3. The number of halogens is 2. The van der Waals surface area contributed by atoms with Gasteiger partial charge in [0.2, 0.25) is 0 Å². The first-order valence-electron chi connectivity index (χ1n) is 12.1. The standard InChI is InChI=1S/C26H36BrClN4O4/c1-14-10-17-19(13-18(14)27)31-23(28)21(29)22(17)30-15-8-9-32(24(34)36-26(5,6)7)16(11-15)12-20(33)35-25(2,3)4/h10,13,15-16H,8-9,11-12,29H2,1-7H3,(H,30,31)/t15-,16-/m0/s1. The summed E-state index contributed by atoms with van der Waals surface area (Å²) in [7, 11) is 0. The number of aryl methyl sites for hydroxylation is 1. The lowest BCUT2D eigenvalue weighted by Crippen LogP contribution is -2.51. The molecule has 1 aliphatic heterocycles. The van der Waals surface area contributed by atoms with Gasteiger partial charge in [-0.3, -0.25) is 4.79 Å². The Kier molecular flexibility index (Phi) is 8.35. The van der Waals surface area contributed by atoms with Crippen molar-refractivity contribution in [3.63, 3.8) is 0 Å². The van der Waals surface area contributed by atoms with Crippen LogP contribution < -0.4 is 11.1 Å². The number of pyridine rings is 1. The van der Waals surface area contributed by atoms with E-state index in [1.807, 2.05) is 60.6 Å². The van der Waals surface area contributed by atoms with Crippen molar-refractivity contribution in [2.45, 2.75) is 91.0 Å². The van der Waals surface area contributed by atoms with Crippen molar-refractivity contribution >= 4 is 61.9 Å². The fraction of sp³-hybridized carbons (Fsp3) is 0.577. The highest BCUT2D eigenvalue weighted by Crippen LogP contribution is 2.37. The van der Waals surface area contributed by atoms with Gasteiger partial charge in [-0.2, -0.15) is 0 Å². The molecule has 0 unspecified atom stereocenters. The number of carbonyl (C=O) groups is 2. The van der Waals surface area contributed by atoms with Crippen molar-refractivity contribution in [3.8, 4) is 0 Å². The van der Waals surface area contributed by atoms with Gasteiger partial charge in [-0.25, -0.2) is 9.78 Å². The predicted octanol–water partition coefficient (Wildman–Crippen LogP) is 6.45. The van der Waals surface area contributed by atoms with Gasteiger partial charge in [0.25, 0.3) is 0 Å². The van der Waals surface area contributed by atoms with Crippen LogP contribution in [-0.4, -0.2) is 51.8 Å². The molecule has 2 aromatic rings. The second-order valence-corrected chi connectivity index (χ2v) is 12.5. The largest absolute Gasteiger partial charge is 0.460 e. The highest BCUT2D eigenvalue weighted by Gasteiger charge is 2.37. The Bertz CT molecular complexity index is 1150. The molecule has 8 nitrogen and oxygen atoms in total. The topological polar surface area (TPSA) is 107 Å². The van der Waals surface area contributed by atoms with Crippen LogP contribution in [0.25, 0.3) is 10.9 Å². The van der Waals surface area contributed by atoms with Crippen LogP contribution in [0.2, 0.25) is 5.15 Å². The third-order valence-electron chi connectivity index (χ3n) is 5.77. The fourth-order valence-corrected chi connectivity index (χ4v) is 4.77. The van der Waals surface area contributed by atoms with E-state index in [4.69, 9.17) is 26.8 Å². The van der Waals surface area contributed by atoms with E-state index >= 15 is 0 Å². The van der Waals surface area contributed by atoms with E-state index in [0.717, 1.165) is 15.4 Å². The lowest BCUT2D eigenvalue weighted by molar-refractivity contribution is -0.156. The number of nitrogens with one attached hydrogen (secondary N) is 1. The van der Waals surface area contributed by atoms with Crippen molar-refractivity contribution in [3.05, 3.63) is 27.3 Å². The smallest absolute Gasteiger partial charge is 0.410 e. The number of piperidine rings is 1. The van der Waals surface area contributed by atoms with Crippen LogP contribution >= 0.6 is 27.5 Å². The number of fused-ring (bicyclic) bond motifs is 1. The maximum absolute atomic E-state index is 13.0. The minimum atomic E-state index is -0.643. The molecule has 1 aliphatic rings. The molecule has 2 atom stereocenters. The number of ether oxygens (including phenoxy) is 2. The average molecular weight is 584 g/mol. The Morgan fingerprint density at radius 3 is 2.44 bits per heavy atom. The SMILES string of the molecule is Cc1cc2c(N[C@H]3CCN(C(=O)OC(C)(C)C)[C@H](CC(=O)OC(C)(C)C)C3)c(N)c(Cl)nc2cc1Br. The van der Waals surface area contributed by atoms with E-state index in [-0.39, 0.29) is 23.6 Å². The molecular formula is C26H36BrClN4O4. The summed E-state index contributed by atoms with van der Waals surface area (Å²) in [6, 6.07) is 3.46. The summed E-state index contributed by atoms with van der Waals surface area (Å²) in [5, 5.41) is 4.62. The number of anilines is 2. The number of rotatable bonds is 4. The minimum Gasteiger partial charge on any atom is -0.460 e. The van der Waals surface area contributed by atoms with Gasteiger partial charge in [0.05, 0.1) is 23.3 Å². The van der Waals surface area contributed by atoms with Gasteiger partial charge in [-0.1, -0.05) is 27.5 Å². The van der Waals surface area contributed by atoms with Crippen molar-refractivity contribution in [1.29, 1.82) is 0 Å². The number of likely N-dealkylation sites (tertiary alicyclic amines) is 1. The first-order chi connectivity index (χ1) is 16.5. The van der Waals surface area contributed by atoms with Crippen LogP contribution in [0.5, 0.6) is 0 Å². The number of benzene rings is 1. The Labute approximate surface area is 226 Å². The highest BCUT2D eigenvalue weighted by atomic mass is 79.9. The van der Waals surface area contributed by atoms with E-state index in [9.17, 15) is 9.59 Å². The first kappa shape index (κ1) is 28.3. The summed E-state index contributed by atoms with van der Waals surface area (Å²) in [5.41, 5.74) is 7.91.